The van der Waals surface area contributed by atoms with Gasteiger partial charge in [-0.1, -0.05) is 0 Å². The van der Waals surface area contributed by atoms with Crippen molar-refractivity contribution in [3.63, 3.8) is 0 Å². The van der Waals surface area contributed by atoms with Gasteiger partial charge in [-0.15, -0.1) is 0 Å². The Hall–Kier alpha value is -1.56. The monoisotopic (exact) mass is 298 g/mol. The van der Waals surface area contributed by atoms with Crippen molar-refractivity contribution >= 4 is 23.3 Å². The third-order valence-electron chi connectivity index (χ3n) is 2.94. The van der Waals surface area contributed by atoms with Gasteiger partial charge in [0.1, 0.15) is 0 Å². The van der Waals surface area contributed by atoms with E-state index in [9.17, 15) is 9.59 Å². The first-order valence-corrected chi connectivity index (χ1v) is 7.64. The minimum Gasteiger partial charge on any atom is -0.481 e. The fourth-order valence-corrected chi connectivity index (χ4v) is 2.60. The molecule has 1 unspecified atom stereocenters. The van der Waals surface area contributed by atoms with E-state index in [1.807, 2.05) is 32.2 Å². The Morgan fingerprint density at radius 3 is 2.60 bits per heavy atom. The van der Waals surface area contributed by atoms with E-state index in [0.717, 1.165) is 6.42 Å². The molecule has 20 heavy (non-hydrogen) atoms. The van der Waals surface area contributed by atoms with Crippen molar-refractivity contribution in [3.05, 3.63) is 22.4 Å². The Labute approximate surface area is 123 Å². The highest BCUT2D eigenvalue weighted by Gasteiger charge is 2.19. The number of hydrogen-bond acceptors (Lipinski definition) is 3. The topological polar surface area (TPSA) is 69.6 Å². The summed E-state index contributed by atoms with van der Waals surface area (Å²) < 4.78 is 0. The van der Waals surface area contributed by atoms with Gasteiger partial charge in [0.05, 0.1) is 6.42 Å². The van der Waals surface area contributed by atoms with Crippen molar-refractivity contribution in [2.75, 3.05) is 6.54 Å². The summed E-state index contributed by atoms with van der Waals surface area (Å²) >= 11 is 1.63. The van der Waals surface area contributed by atoms with Crippen LogP contribution in [-0.4, -0.2) is 40.6 Å². The molecular weight excluding hydrogens is 276 g/mol. The maximum atomic E-state index is 12.2. The van der Waals surface area contributed by atoms with Crippen LogP contribution in [-0.2, 0) is 11.2 Å². The molecule has 0 spiro atoms. The molecule has 2 N–H and O–H groups in total. The molecule has 1 heterocycles. The smallest absolute Gasteiger partial charge is 0.317 e. The van der Waals surface area contributed by atoms with Crippen molar-refractivity contribution in [3.8, 4) is 0 Å². The summed E-state index contributed by atoms with van der Waals surface area (Å²) in [6, 6.07) is 1.83. The molecular formula is C14H22N2O3S. The fraction of sp³-hybridized carbons (Fsp3) is 0.571. The molecule has 5 nitrogen and oxygen atoms in total. The van der Waals surface area contributed by atoms with Crippen LogP contribution in [0.5, 0.6) is 0 Å². The van der Waals surface area contributed by atoms with Crippen LogP contribution in [0.4, 0.5) is 4.79 Å². The first-order valence-electron chi connectivity index (χ1n) is 6.70. The molecule has 0 aliphatic carbocycles. The molecule has 0 aliphatic heterocycles. The zero-order valence-corrected chi connectivity index (χ0v) is 12.9. The highest BCUT2D eigenvalue weighted by atomic mass is 32.1. The first kappa shape index (κ1) is 16.5. The van der Waals surface area contributed by atoms with Gasteiger partial charge in [-0.25, -0.2) is 4.79 Å². The molecule has 6 heteroatoms. The van der Waals surface area contributed by atoms with Gasteiger partial charge in [0, 0.05) is 18.6 Å². The number of thiophene rings is 1. The Bertz CT molecular complexity index is 432. The summed E-state index contributed by atoms with van der Waals surface area (Å²) in [6.45, 7) is 5.94. The molecule has 0 aliphatic rings. The van der Waals surface area contributed by atoms with E-state index in [1.54, 1.807) is 16.2 Å². The average molecular weight is 298 g/mol. The molecule has 0 fully saturated rings. The number of nitrogens with zero attached hydrogens (tertiary/aromatic N) is 1. The fourth-order valence-electron chi connectivity index (χ4n) is 1.92. The summed E-state index contributed by atoms with van der Waals surface area (Å²) in [5.74, 6) is -0.894. The predicted molar refractivity (Wildman–Crippen MR) is 80.1 cm³/mol. The second-order valence-corrected chi connectivity index (χ2v) is 5.90. The Morgan fingerprint density at radius 1 is 1.40 bits per heavy atom. The standard InChI is InChI=1S/C14H22N2O3S/c1-10(2)16(6-4-13(17)18)14(19)15-11(3)8-12-5-7-20-9-12/h5,7,9-11H,4,6,8H2,1-3H3,(H,15,19)(H,17,18). The van der Waals surface area contributed by atoms with Crippen LogP contribution in [0.2, 0.25) is 0 Å². The van der Waals surface area contributed by atoms with Crippen LogP contribution in [0, 0.1) is 0 Å². The van der Waals surface area contributed by atoms with Gasteiger partial charge in [-0.2, -0.15) is 11.3 Å². The number of aliphatic carboxylic acids is 1. The number of carbonyl (C=O) groups is 2. The lowest BCUT2D eigenvalue weighted by molar-refractivity contribution is -0.137. The lowest BCUT2D eigenvalue weighted by Crippen LogP contribution is -2.48. The number of rotatable bonds is 7. The molecule has 0 saturated heterocycles. The van der Waals surface area contributed by atoms with E-state index in [0.29, 0.717) is 0 Å². The second-order valence-electron chi connectivity index (χ2n) is 5.12. The van der Waals surface area contributed by atoms with Crippen molar-refractivity contribution < 1.29 is 14.7 Å². The van der Waals surface area contributed by atoms with Crippen molar-refractivity contribution in [1.29, 1.82) is 0 Å². The van der Waals surface area contributed by atoms with Gasteiger partial charge in [-0.05, 0) is 49.6 Å². The highest BCUT2D eigenvalue weighted by molar-refractivity contribution is 7.07. The van der Waals surface area contributed by atoms with Crippen LogP contribution in [0.1, 0.15) is 32.8 Å². The van der Waals surface area contributed by atoms with Gasteiger partial charge < -0.3 is 15.3 Å². The molecule has 0 aromatic carbocycles. The average Bonchev–Trinajstić information content (AvgIpc) is 2.80. The lowest BCUT2D eigenvalue weighted by Gasteiger charge is -2.28. The van der Waals surface area contributed by atoms with Gasteiger partial charge in [0.2, 0.25) is 0 Å². The van der Waals surface area contributed by atoms with Crippen LogP contribution in [0.3, 0.4) is 0 Å². The SMILES string of the molecule is CC(Cc1ccsc1)NC(=O)N(CCC(=O)O)C(C)C. The molecule has 0 bridgehead atoms. The molecule has 1 aromatic rings. The number of carboxylic acids is 1. The maximum Gasteiger partial charge on any atom is 0.317 e. The van der Waals surface area contributed by atoms with Gasteiger partial charge in [0.25, 0.3) is 0 Å². The van der Waals surface area contributed by atoms with Gasteiger partial charge in [0.15, 0.2) is 0 Å². The first-order chi connectivity index (χ1) is 9.40. The molecule has 2 amide bonds. The van der Waals surface area contributed by atoms with Crippen LogP contribution >= 0.6 is 11.3 Å². The van der Waals surface area contributed by atoms with E-state index in [-0.39, 0.29) is 31.1 Å². The number of urea groups is 1. The number of amides is 2. The Kier molecular flexibility index (Phi) is 6.51. The van der Waals surface area contributed by atoms with E-state index in [4.69, 9.17) is 5.11 Å². The second kappa shape index (κ2) is 7.89. The molecule has 1 aromatic heterocycles. The van der Waals surface area contributed by atoms with Crippen molar-refractivity contribution in [1.82, 2.24) is 10.2 Å². The number of nitrogens with one attached hydrogen (secondary N) is 1. The lowest BCUT2D eigenvalue weighted by atomic mass is 10.1. The molecule has 0 radical (unpaired) electrons. The zero-order valence-electron chi connectivity index (χ0n) is 12.1. The van der Waals surface area contributed by atoms with Crippen LogP contribution in [0.15, 0.2) is 16.8 Å². The van der Waals surface area contributed by atoms with Gasteiger partial charge >= 0.3 is 12.0 Å². The molecule has 1 rings (SSSR count). The number of carbonyl (C=O) groups excluding carboxylic acids is 1. The summed E-state index contributed by atoms with van der Waals surface area (Å²) in [5.41, 5.74) is 1.20. The minimum atomic E-state index is -0.894. The quantitative estimate of drug-likeness (QED) is 0.813. The van der Waals surface area contributed by atoms with Gasteiger partial charge in [-0.3, -0.25) is 4.79 Å². The number of carboxylic acid groups (broad SMARTS) is 1. The van der Waals surface area contributed by atoms with Crippen molar-refractivity contribution in [2.45, 2.75) is 45.7 Å². The van der Waals surface area contributed by atoms with Crippen molar-refractivity contribution in [2.24, 2.45) is 0 Å². The normalized spacial score (nSPS) is 12.2. The van der Waals surface area contributed by atoms with Crippen LogP contribution in [0.25, 0.3) is 0 Å². The largest absolute Gasteiger partial charge is 0.481 e. The summed E-state index contributed by atoms with van der Waals surface area (Å²) in [5, 5.41) is 15.7. The highest BCUT2D eigenvalue weighted by Crippen LogP contribution is 2.09. The molecule has 0 saturated carbocycles. The zero-order chi connectivity index (χ0) is 15.1. The van der Waals surface area contributed by atoms with E-state index in [1.165, 1.54) is 5.56 Å². The third kappa shape index (κ3) is 5.61. The number of hydrogen-bond donors (Lipinski definition) is 2. The van der Waals surface area contributed by atoms with E-state index in [2.05, 4.69) is 10.7 Å². The third-order valence-corrected chi connectivity index (χ3v) is 3.67. The molecule has 112 valence electrons. The maximum absolute atomic E-state index is 12.2. The summed E-state index contributed by atoms with van der Waals surface area (Å²) in [4.78, 5) is 24.3. The Balaban J connectivity index is 2.50. The summed E-state index contributed by atoms with van der Waals surface area (Å²) in [7, 11) is 0. The molecule has 1 atom stereocenters. The minimum absolute atomic E-state index is 0.0168. The van der Waals surface area contributed by atoms with E-state index >= 15 is 0 Å². The Morgan fingerprint density at radius 2 is 2.10 bits per heavy atom. The van der Waals surface area contributed by atoms with Crippen LogP contribution < -0.4 is 5.32 Å². The van der Waals surface area contributed by atoms with E-state index < -0.39 is 5.97 Å². The summed E-state index contributed by atoms with van der Waals surface area (Å²) in [6.07, 6.45) is 0.741. The predicted octanol–water partition coefficient (Wildman–Crippen LogP) is 2.57.